The van der Waals surface area contributed by atoms with Gasteiger partial charge in [0.15, 0.2) is 0 Å². The molecule has 0 unspecified atom stereocenters. The molecule has 0 fully saturated rings. The third-order valence-electron chi connectivity index (χ3n) is 3.55. The van der Waals surface area contributed by atoms with Crippen molar-refractivity contribution < 1.29 is 4.74 Å². The molecule has 0 aliphatic heterocycles. The number of rotatable bonds is 5. The van der Waals surface area contributed by atoms with Gasteiger partial charge in [0.2, 0.25) is 0 Å². The molecular formula is C18H23NO. The smallest absolute Gasteiger partial charge is 0.122 e. The molecule has 0 spiro atoms. The van der Waals surface area contributed by atoms with Gasteiger partial charge in [-0.3, -0.25) is 0 Å². The quantitative estimate of drug-likeness (QED) is 0.884. The molecule has 2 N–H and O–H groups in total. The predicted octanol–water partition coefficient (Wildman–Crippen LogP) is 4.16. The van der Waals surface area contributed by atoms with Gasteiger partial charge < -0.3 is 10.5 Å². The van der Waals surface area contributed by atoms with Crippen LogP contribution in [-0.2, 0) is 13.0 Å². The van der Waals surface area contributed by atoms with Crippen LogP contribution in [0.1, 0.15) is 42.1 Å². The number of aryl methyl sites for hydroxylation is 2. The van der Waals surface area contributed by atoms with Crippen LogP contribution >= 0.6 is 0 Å². The summed E-state index contributed by atoms with van der Waals surface area (Å²) < 4.78 is 5.89. The van der Waals surface area contributed by atoms with Crippen molar-refractivity contribution in [2.45, 2.75) is 39.8 Å². The summed E-state index contributed by atoms with van der Waals surface area (Å²) in [6.07, 6.45) is 1.07. The van der Waals surface area contributed by atoms with Crippen molar-refractivity contribution in [1.82, 2.24) is 0 Å². The Balaban J connectivity index is 2.03. The molecule has 106 valence electrons. The molecule has 0 amide bonds. The zero-order chi connectivity index (χ0) is 14.5. The minimum absolute atomic E-state index is 0.0596. The van der Waals surface area contributed by atoms with Crippen molar-refractivity contribution in [3.63, 3.8) is 0 Å². The van der Waals surface area contributed by atoms with Crippen LogP contribution in [0.15, 0.2) is 42.5 Å². The molecule has 0 aromatic heterocycles. The number of benzene rings is 2. The van der Waals surface area contributed by atoms with Crippen molar-refractivity contribution in [2.75, 3.05) is 0 Å². The summed E-state index contributed by atoms with van der Waals surface area (Å²) in [5.74, 6) is 0.925. The monoisotopic (exact) mass is 269 g/mol. The van der Waals surface area contributed by atoms with Crippen molar-refractivity contribution in [2.24, 2.45) is 5.73 Å². The predicted molar refractivity (Wildman–Crippen MR) is 83.9 cm³/mol. The van der Waals surface area contributed by atoms with Crippen molar-refractivity contribution in [3.05, 3.63) is 64.7 Å². The average Bonchev–Trinajstić information content (AvgIpc) is 2.46. The highest BCUT2D eigenvalue weighted by atomic mass is 16.5. The first-order valence-electron chi connectivity index (χ1n) is 7.17. The number of hydrogen-bond acceptors (Lipinski definition) is 2. The lowest BCUT2D eigenvalue weighted by Crippen LogP contribution is -2.05. The van der Waals surface area contributed by atoms with E-state index in [1.165, 1.54) is 11.1 Å². The van der Waals surface area contributed by atoms with Crippen LogP contribution in [0.3, 0.4) is 0 Å². The molecule has 0 aliphatic rings. The summed E-state index contributed by atoms with van der Waals surface area (Å²) in [5, 5.41) is 0. The highest BCUT2D eigenvalue weighted by molar-refractivity contribution is 5.37. The Labute approximate surface area is 121 Å². The van der Waals surface area contributed by atoms with Gasteiger partial charge in [0.1, 0.15) is 12.4 Å². The first kappa shape index (κ1) is 14.6. The minimum atomic E-state index is 0.0596. The Kier molecular flexibility index (Phi) is 4.80. The normalized spacial score (nSPS) is 12.2. The van der Waals surface area contributed by atoms with Gasteiger partial charge in [0.05, 0.1) is 0 Å². The van der Waals surface area contributed by atoms with Crippen LogP contribution in [0, 0.1) is 6.92 Å². The average molecular weight is 269 g/mol. The van der Waals surface area contributed by atoms with E-state index >= 15 is 0 Å². The third-order valence-corrected chi connectivity index (χ3v) is 3.55. The van der Waals surface area contributed by atoms with E-state index in [1.54, 1.807) is 0 Å². The van der Waals surface area contributed by atoms with Crippen LogP contribution in [0.2, 0.25) is 0 Å². The molecule has 0 bridgehead atoms. The van der Waals surface area contributed by atoms with E-state index in [9.17, 15) is 0 Å². The van der Waals surface area contributed by atoms with Crippen LogP contribution in [0.4, 0.5) is 0 Å². The highest BCUT2D eigenvalue weighted by Gasteiger charge is 2.04. The van der Waals surface area contributed by atoms with Gasteiger partial charge in [-0.15, -0.1) is 0 Å². The molecule has 1 atom stereocenters. The van der Waals surface area contributed by atoms with E-state index in [0.717, 1.165) is 23.3 Å². The van der Waals surface area contributed by atoms with E-state index in [0.29, 0.717) is 6.61 Å². The fourth-order valence-corrected chi connectivity index (χ4v) is 2.15. The molecular weight excluding hydrogens is 246 g/mol. The van der Waals surface area contributed by atoms with Crippen LogP contribution in [-0.4, -0.2) is 0 Å². The maximum Gasteiger partial charge on any atom is 0.122 e. The lowest BCUT2D eigenvalue weighted by Gasteiger charge is -2.12. The van der Waals surface area contributed by atoms with E-state index < -0.39 is 0 Å². The van der Waals surface area contributed by atoms with Gasteiger partial charge >= 0.3 is 0 Å². The lowest BCUT2D eigenvalue weighted by atomic mass is 10.1. The van der Waals surface area contributed by atoms with Crippen LogP contribution < -0.4 is 10.5 Å². The molecule has 0 saturated carbocycles. The van der Waals surface area contributed by atoms with Gasteiger partial charge in [-0.1, -0.05) is 43.3 Å². The fourth-order valence-electron chi connectivity index (χ4n) is 2.15. The van der Waals surface area contributed by atoms with Crippen molar-refractivity contribution in [1.29, 1.82) is 0 Å². The maximum absolute atomic E-state index is 5.89. The van der Waals surface area contributed by atoms with Gasteiger partial charge in [-0.05, 0) is 48.6 Å². The van der Waals surface area contributed by atoms with Crippen LogP contribution in [0.25, 0.3) is 0 Å². The summed E-state index contributed by atoms with van der Waals surface area (Å²) in [6, 6.07) is 14.8. The van der Waals surface area contributed by atoms with Crippen molar-refractivity contribution in [3.8, 4) is 5.75 Å². The molecule has 2 rings (SSSR count). The molecule has 0 heterocycles. The van der Waals surface area contributed by atoms with Crippen LogP contribution in [0.5, 0.6) is 5.75 Å². The van der Waals surface area contributed by atoms with E-state index in [1.807, 2.05) is 19.1 Å². The second-order valence-corrected chi connectivity index (χ2v) is 5.27. The van der Waals surface area contributed by atoms with Gasteiger partial charge in [-0.25, -0.2) is 0 Å². The second kappa shape index (κ2) is 6.58. The summed E-state index contributed by atoms with van der Waals surface area (Å²) >= 11 is 0. The fraction of sp³-hybridized carbons (Fsp3) is 0.333. The molecule has 2 heteroatoms. The maximum atomic E-state index is 5.89. The van der Waals surface area contributed by atoms with Crippen molar-refractivity contribution >= 4 is 0 Å². The largest absolute Gasteiger partial charge is 0.489 e. The van der Waals surface area contributed by atoms with Gasteiger partial charge in [-0.2, -0.15) is 0 Å². The molecule has 2 nitrogen and oxygen atoms in total. The Hall–Kier alpha value is -1.80. The first-order chi connectivity index (χ1) is 9.60. The zero-order valence-electron chi connectivity index (χ0n) is 12.5. The van der Waals surface area contributed by atoms with E-state index in [4.69, 9.17) is 10.5 Å². The summed E-state index contributed by atoms with van der Waals surface area (Å²) in [5.41, 5.74) is 10.7. The minimum Gasteiger partial charge on any atom is -0.489 e. The molecule has 2 aromatic carbocycles. The number of ether oxygens (including phenoxy) is 1. The highest BCUT2D eigenvalue weighted by Crippen LogP contribution is 2.22. The Morgan fingerprint density at radius 1 is 1.05 bits per heavy atom. The number of nitrogens with two attached hydrogens (primary N) is 1. The van der Waals surface area contributed by atoms with Gasteiger partial charge in [0, 0.05) is 6.04 Å². The lowest BCUT2D eigenvalue weighted by molar-refractivity contribution is 0.304. The topological polar surface area (TPSA) is 35.2 Å². The third kappa shape index (κ3) is 3.61. The summed E-state index contributed by atoms with van der Waals surface area (Å²) in [7, 11) is 0. The number of hydrogen-bond donors (Lipinski definition) is 1. The molecule has 0 radical (unpaired) electrons. The van der Waals surface area contributed by atoms with Gasteiger partial charge in [0.25, 0.3) is 0 Å². The Morgan fingerprint density at radius 2 is 1.70 bits per heavy atom. The van der Waals surface area contributed by atoms with E-state index in [2.05, 4.69) is 44.2 Å². The SMILES string of the molecule is CCc1ccc(COc2ccc([C@@H](C)N)cc2C)cc1. The zero-order valence-corrected chi connectivity index (χ0v) is 12.5. The first-order valence-corrected chi connectivity index (χ1v) is 7.17. The van der Waals surface area contributed by atoms with E-state index in [-0.39, 0.29) is 6.04 Å². The second-order valence-electron chi connectivity index (χ2n) is 5.27. The molecule has 20 heavy (non-hydrogen) atoms. The standard InChI is InChI=1S/C18H23NO/c1-4-15-5-7-16(8-6-15)12-20-18-10-9-17(14(3)19)11-13(18)2/h5-11,14H,4,12,19H2,1-3H3/t14-/m1/s1. The Bertz CT molecular complexity index is 558. The summed E-state index contributed by atoms with van der Waals surface area (Å²) in [4.78, 5) is 0. The molecule has 0 aliphatic carbocycles. The Morgan fingerprint density at radius 3 is 2.25 bits per heavy atom. The molecule has 2 aromatic rings. The molecule has 0 saturated heterocycles. The summed E-state index contributed by atoms with van der Waals surface area (Å²) in [6.45, 7) is 6.81.